The van der Waals surface area contributed by atoms with Crippen LogP contribution in [0, 0.1) is 0 Å². The molecule has 0 radical (unpaired) electrons. The van der Waals surface area contributed by atoms with Gasteiger partial charge in [-0.3, -0.25) is 4.79 Å². The Morgan fingerprint density at radius 3 is 3.04 bits per heavy atom. The van der Waals surface area contributed by atoms with Gasteiger partial charge in [-0.2, -0.15) is 0 Å². The highest BCUT2D eigenvalue weighted by Crippen LogP contribution is 2.42. The van der Waals surface area contributed by atoms with Gasteiger partial charge in [-0.25, -0.2) is 0 Å². The third kappa shape index (κ3) is 3.00. The topological polar surface area (TPSA) is 64.4 Å². The van der Waals surface area contributed by atoms with E-state index in [9.17, 15) is 4.79 Å². The van der Waals surface area contributed by atoms with Crippen LogP contribution in [0.25, 0.3) is 11.3 Å². The van der Waals surface area contributed by atoms with Crippen LogP contribution >= 0.6 is 11.8 Å². The number of rotatable bonds is 4. The summed E-state index contributed by atoms with van der Waals surface area (Å²) in [4.78, 5) is 13.7. The maximum Gasteiger partial charge on any atom is 0.274 e. The average Bonchev–Trinajstić information content (AvgIpc) is 3.11. The number of methoxy groups -OCH3 is 1. The van der Waals surface area contributed by atoms with Gasteiger partial charge in [0.05, 0.1) is 7.11 Å². The summed E-state index contributed by atoms with van der Waals surface area (Å²) >= 11 is 1.69. The van der Waals surface area contributed by atoms with Crippen LogP contribution in [0.3, 0.4) is 0 Å². The number of thioether (sulfide) groups is 1. The lowest BCUT2D eigenvalue weighted by Crippen LogP contribution is -2.24. The van der Waals surface area contributed by atoms with Crippen molar-refractivity contribution in [2.75, 3.05) is 7.11 Å². The van der Waals surface area contributed by atoms with Crippen LogP contribution in [0.1, 0.15) is 21.6 Å². The van der Waals surface area contributed by atoms with E-state index in [0.29, 0.717) is 23.8 Å². The number of nitrogens with zero attached hydrogens (tertiary/aromatic N) is 1. The molecule has 5 nitrogen and oxygen atoms in total. The second-order valence-electron chi connectivity index (χ2n) is 5.66. The number of benzene rings is 2. The van der Waals surface area contributed by atoms with E-state index in [2.05, 4.69) is 10.5 Å². The Kier molecular flexibility index (Phi) is 4.19. The number of amides is 1. The highest BCUT2D eigenvalue weighted by atomic mass is 32.2. The molecule has 1 aromatic heterocycles. The molecule has 0 atom stereocenters. The molecule has 1 N–H and O–H groups in total. The van der Waals surface area contributed by atoms with Gasteiger partial charge in [0.25, 0.3) is 5.91 Å². The number of hydrogen-bond donors (Lipinski definition) is 1. The van der Waals surface area contributed by atoms with Crippen molar-refractivity contribution < 1.29 is 14.1 Å². The summed E-state index contributed by atoms with van der Waals surface area (Å²) in [5, 5.41) is 6.92. The Hall–Kier alpha value is -2.73. The minimum absolute atomic E-state index is 0.229. The second-order valence-corrected chi connectivity index (χ2v) is 6.68. The van der Waals surface area contributed by atoms with Crippen LogP contribution in [0.2, 0.25) is 0 Å². The van der Waals surface area contributed by atoms with Gasteiger partial charge in [0, 0.05) is 28.3 Å². The first-order valence-corrected chi connectivity index (χ1v) is 8.86. The lowest BCUT2D eigenvalue weighted by atomic mass is 10.1. The lowest BCUT2D eigenvalue weighted by Gasteiger charge is -2.13. The van der Waals surface area contributed by atoms with Gasteiger partial charge in [0.1, 0.15) is 5.75 Å². The van der Waals surface area contributed by atoms with E-state index in [4.69, 9.17) is 9.26 Å². The van der Waals surface area contributed by atoms with Gasteiger partial charge >= 0.3 is 0 Å². The van der Waals surface area contributed by atoms with Crippen molar-refractivity contribution in [3.63, 3.8) is 0 Å². The van der Waals surface area contributed by atoms with Crippen molar-refractivity contribution >= 4 is 17.7 Å². The Morgan fingerprint density at radius 2 is 2.16 bits per heavy atom. The summed E-state index contributed by atoms with van der Waals surface area (Å²) in [5.74, 6) is 1.91. The van der Waals surface area contributed by atoms with Crippen molar-refractivity contribution in [2.24, 2.45) is 0 Å². The summed E-state index contributed by atoms with van der Waals surface area (Å²) < 4.78 is 10.7. The molecule has 6 heteroatoms. The molecule has 1 aliphatic heterocycles. The quantitative estimate of drug-likeness (QED) is 0.772. The van der Waals surface area contributed by atoms with Crippen LogP contribution in [0.4, 0.5) is 0 Å². The van der Waals surface area contributed by atoms with Crippen LogP contribution in [0.5, 0.6) is 5.75 Å². The number of ether oxygens (including phenoxy) is 1. The molecule has 0 fully saturated rings. The maximum atomic E-state index is 12.5. The molecule has 0 saturated heterocycles. The number of hydrogen-bond acceptors (Lipinski definition) is 5. The third-order valence-corrected chi connectivity index (χ3v) is 5.19. The van der Waals surface area contributed by atoms with E-state index < -0.39 is 0 Å². The van der Waals surface area contributed by atoms with E-state index in [0.717, 1.165) is 27.3 Å². The highest BCUT2D eigenvalue weighted by molar-refractivity contribution is 7.98. The van der Waals surface area contributed by atoms with Crippen molar-refractivity contribution in [3.8, 4) is 17.1 Å². The molecule has 25 heavy (non-hydrogen) atoms. The van der Waals surface area contributed by atoms with E-state index in [1.165, 1.54) is 0 Å². The summed E-state index contributed by atoms with van der Waals surface area (Å²) in [5.41, 5.74) is 3.17. The SMILES string of the molecule is COc1cccc(CNC(=O)c2noc3c2CSc2ccccc2-3)c1. The van der Waals surface area contributed by atoms with Gasteiger partial charge < -0.3 is 14.6 Å². The standard InChI is InChI=1S/C19H16N2O3S/c1-23-13-6-4-5-12(9-13)10-20-19(22)17-15-11-25-16-8-3-2-7-14(16)18(15)24-21-17/h2-9H,10-11H2,1H3,(H,20,22). The fourth-order valence-electron chi connectivity index (χ4n) is 2.81. The normalized spacial score (nSPS) is 12.2. The first kappa shape index (κ1) is 15.8. The number of fused-ring (bicyclic) bond motifs is 3. The molecule has 1 aliphatic rings. The highest BCUT2D eigenvalue weighted by Gasteiger charge is 2.27. The molecule has 0 saturated carbocycles. The summed E-state index contributed by atoms with van der Waals surface area (Å²) in [6, 6.07) is 15.6. The first-order chi connectivity index (χ1) is 12.3. The fraction of sp³-hybridized carbons (Fsp3) is 0.158. The Balaban J connectivity index is 1.53. The van der Waals surface area contributed by atoms with Crippen LogP contribution in [-0.2, 0) is 12.3 Å². The molecular formula is C19H16N2O3S. The largest absolute Gasteiger partial charge is 0.497 e. The predicted molar refractivity (Wildman–Crippen MR) is 95.7 cm³/mol. The van der Waals surface area contributed by atoms with Crippen LogP contribution in [-0.4, -0.2) is 18.2 Å². The molecule has 4 rings (SSSR count). The number of carbonyl (C=O) groups excluding carboxylic acids is 1. The van der Waals surface area contributed by atoms with Crippen molar-refractivity contribution in [1.82, 2.24) is 10.5 Å². The number of nitrogens with one attached hydrogen (secondary N) is 1. The van der Waals surface area contributed by atoms with Crippen molar-refractivity contribution in [3.05, 3.63) is 65.4 Å². The van der Waals surface area contributed by atoms with E-state index in [1.54, 1.807) is 18.9 Å². The molecule has 0 unspecified atom stereocenters. The Labute approximate surface area is 149 Å². The molecule has 0 aliphatic carbocycles. The van der Waals surface area contributed by atoms with Gasteiger partial charge in [0.15, 0.2) is 11.5 Å². The second kappa shape index (κ2) is 6.64. The van der Waals surface area contributed by atoms with Gasteiger partial charge in [0.2, 0.25) is 0 Å². The summed E-state index contributed by atoms with van der Waals surface area (Å²) in [6.07, 6.45) is 0. The fourth-order valence-corrected chi connectivity index (χ4v) is 3.87. The van der Waals surface area contributed by atoms with Crippen molar-refractivity contribution in [2.45, 2.75) is 17.2 Å². The monoisotopic (exact) mass is 352 g/mol. The molecular weight excluding hydrogens is 336 g/mol. The molecule has 2 heterocycles. The first-order valence-electron chi connectivity index (χ1n) is 7.88. The third-order valence-electron chi connectivity index (χ3n) is 4.09. The van der Waals surface area contributed by atoms with Crippen LogP contribution in [0.15, 0.2) is 57.9 Å². The van der Waals surface area contributed by atoms with Gasteiger partial charge in [-0.1, -0.05) is 29.4 Å². The summed E-state index contributed by atoms with van der Waals surface area (Å²) in [6.45, 7) is 0.404. The lowest BCUT2D eigenvalue weighted by molar-refractivity contribution is 0.0941. The van der Waals surface area contributed by atoms with E-state index in [1.807, 2.05) is 48.5 Å². The van der Waals surface area contributed by atoms with E-state index in [-0.39, 0.29) is 5.91 Å². The molecule has 1 amide bonds. The van der Waals surface area contributed by atoms with E-state index >= 15 is 0 Å². The maximum absolute atomic E-state index is 12.5. The molecule has 2 aromatic carbocycles. The Bertz CT molecular complexity index is 936. The summed E-state index contributed by atoms with van der Waals surface area (Å²) in [7, 11) is 1.62. The molecule has 0 bridgehead atoms. The minimum atomic E-state index is -0.229. The average molecular weight is 352 g/mol. The molecule has 3 aromatic rings. The minimum Gasteiger partial charge on any atom is -0.497 e. The predicted octanol–water partition coefficient (Wildman–Crippen LogP) is 3.89. The number of carbonyl (C=O) groups is 1. The van der Waals surface area contributed by atoms with Crippen molar-refractivity contribution in [1.29, 1.82) is 0 Å². The molecule has 126 valence electrons. The van der Waals surface area contributed by atoms with Gasteiger partial charge in [-0.05, 0) is 29.8 Å². The zero-order chi connectivity index (χ0) is 17.2. The zero-order valence-electron chi connectivity index (χ0n) is 13.6. The Morgan fingerprint density at radius 1 is 1.28 bits per heavy atom. The smallest absolute Gasteiger partial charge is 0.274 e. The zero-order valence-corrected chi connectivity index (χ0v) is 14.4. The number of aromatic nitrogens is 1. The van der Waals surface area contributed by atoms with Crippen LogP contribution < -0.4 is 10.1 Å². The molecule has 0 spiro atoms. The van der Waals surface area contributed by atoms with Gasteiger partial charge in [-0.15, -0.1) is 11.8 Å².